The second-order valence-corrected chi connectivity index (χ2v) is 6.23. The van der Waals surface area contributed by atoms with Gasteiger partial charge in [-0.25, -0.2) is 4.99 Å². The maximum Gasteiger partial charge on any atom is 0.264 e. The largest absolute Gasteiger partial charge is 0.300 e. The van der Waals surface area contributed by atoms with Gasteiger partial charge in [0.05, 0.1) is 15.6 Å². The Labute approximate surface area is 141 Å². The Morgan fingerprint density at radius 1 is 1.18 bits per heavy atom. The first-order chi connectivity index (χ1) is 10.6. The summed E-state index contributed by atoms with van der Waals surface area (Å²) in [6.07, 6.45) is 5.13. The molecule has 1 saturated heterocycles. The Balaban J connectivity index is 1.85. The van der Waals surface area contributed by atoms with E-state index in [4.69, 9.17) is 23.2 Å². The van der Waals surface area contributed by atoms with E-state index in [9.17, 15) is 4.79 Å². The van der Waals surface area contributed by atoms with Crippen molar-refractivity contribution in [2.45, 2.75) is 0 Å². The number of nitrogens with one attached hydrogen (secondary N) is 1. The normalized spacial score (nSPS) is 18.0. The van der Waals surface area contributed by atoms with E-state index in [-0.39, 0.29) is 5.91 Å². The summed E-state index contributed by atoms with van der Waals surface area (Å²) in [5.74, 6) is -0.189. The van der Waals surface area contributed by atoms with Gasteiger partial charge < -0.3 is 5.32 Å². The lowest BCUT2D eigenvalue weighted by Crippen LogP contribution is -2.19. The number of amides is 1. The van der Waals surface area contributed by atoms with Crippen molar-refractivity contribution in [1.29, 1.82) is 0 Å². The zero-order valence-electron chi connectivity index (χ0n) is 11.1. The molecule has 110 valence electrons. The van der Waals surface area contributed by atoms with E-state index in [2.05, 4.69) is 15.3 Å². The highest BCUT2D eigenvalue weighted by Crippen LogP contribution is 2.32. The lowest BCUT2D eigenvalue weighted by molar-refractivity contribution is -0.115. The number of pyridine rings is 1. The third kappa shape index (κ3) is 3.50. The van der Waals surface area contributed by atoms with Crippen LogP contribution in [0.1, 0.15) is 5.56 Å². The van der Waals surface area contributed by atoms with E-state index < -0.39 is 0 Å². The predicted molar refractivity (Wildman–Crippen MR) is 91.5 cm³/mol. The van der Waals surface area contributed by atoms with Crippen LogP contribution in [0.5, 0.6) is 0 Å². The van der Waals surface area contributed by atoms with Crippen LogP contribution in [0, 0.1) is 0 Å². The monoisotopic (exact) mass is 349 g/mol. The minimum Gasteiger partial charge on any atom is -0.300 e. The number of halogens is 2. The molecular weight excluding hydrogens is 341 g/mol. The highest BCUT2D eigenvalue weighted by molar-refractivity contribution is 8.18. The molecule has 1 N–H and O–H groups in total. The lowest BCUT2D eigenvalue weighted by atomic mass is 10.2. The average molecular weight is 350 g/mol. The van der Waals surface area contributed by atoms with Crippen molar-refractivity contribution < 1.29 is 4.79 Å². The van der Waals surface area contributed by atoms with Crippen molar-refractivity contribution in [1.82, 2.24) is 10.3 Å². The molecule has 22 heavy (non-hydrogen) atoms. The van der Waals surface area contributed by atoms with Crippen molar-refractivity contribution in [3.05, 3.63) is 63.2 Å². The Bertz CT molecular complexity index is 791. The highest BCUT2D eigenvalue weighted by Gasteiger charge is 2.24. The summed E-state index contributed by atoms with van der Waals surface area (Å²) in [6, 6.07) is 8.66. The van der Waals surface area contributed by atoms with Crippen molar-refractivity contribution in [3.63, 3.8) is 0 Å². The van der Waals surface area contributed by atoms with Crippen molar-refractivity contribution in [2.75, 3.05) is 0 Å². The number of benzene rings is 1. The maximum absolute atomic E-state index is 12.0. The number of thioether (sulfide) groups is 1. The van der Waals surface area contributed by atoms with Crippen LogP contribution in [0.15, 0.2) is 52.6 Å². The van der Waals surface area contributed by atoms with Gasteiger partial charge >= 0.3 is 0 Å². The second-order valence-electron chi connectivity index (χ2n) is 4.36. The maximum atomic E-state index is 12.0. The first-order valence-corrected chi connectivity index (χ1v) is 7.84. The Morgan fingerprint density at radius 2 is 1.95 bits per heavy atom. The summed E-state index contributed by atoms with van der Waals surface area (Å²) in [7, 11) is 0. The van der Waals surface area contributed by atoms with Gasteiger partial charge in [0, 0.05) is 17.4 Å². The van der Waals surface area contributed by atoms with E-state index in [0.717, 1.165) is 5.56 Å². The Morgan fingerprint density at radius 3 is 2.68 bits per heavy atom. The van der Waals surface area contributed by atoms with Crippen LogP contribution in [0.4, 0.5) is 5.69 Å². The predicted octanol–water partition coefficient (Wildman–Crippen LogP) is 4.28. The number of carbonyl (C=O) groups is 1. The number of amidine groups is 1. The molecule has 2 aromatic rings. The molecule has 7 heteroatoms. The van der Waals surface area contributed by atoms with E-state index >= 15 is 0 Å². The van der Waals surface area contributed by atoms with Crippen molar-refractivity contribution in [3.8, 4) is 0 Å². The minimum absolute atomic E-state index is 0.189. The van der Waals surface area contributed by atoms with Crippen LogP contribution in [-0.4, -0.2) is 16.1 Å². The van der Waals surface area contributed by atoms with Crippen molar-refractivity contribution >= 4 is 57.8 Å². The summed E-state index contributed by atoms with van der Waals surface area (Å²) < 4.78 is 0. The topological polar surface area (TPSA) is 54.4 Å². The molecule has 2 heterocycles. The Kier molecular flexibility index (Phi) is 4.47. The molecule has 1 aromatic heterocycles. The lowest BCUT2D eigenvalue weighted by Gasteiger charge is -1.99. The van der Waals surface area contributed by atoms with Gasteiger partial charge in [-0.1, -0.05) is 23.2 Å². The molecule has 1 aliphatic heterocycles. The van der Waals surface area contributed by atoms with Crippen LogP contribution in [0.2, 0.25) is 10.0 Å². The molecule has 1 fully saturated rings. The zero-order valence-corrected chi connectivity index (χ0v) is 13.4. The number of nitrogens with zero attached hydrogens (tertiary/aromatic N) is 2. The third-order valence-electron chi connectivity index (χ3n) is 2.79. The van der Waals surface area contributed by atoms with Crippen LogP contribution in [0.25, 0.3) is 6.08 Å². The van der Waals surface area contributed by atoms with Gasteiger partial charge in [0.25, 0.3) is 5.91 Å². The molecule has 1 aromatic carbocycles. The fourth-order valence-corrected chi connectivity index (χ4v) is 3.06. The molecule has 0 spiro atoms. The molecule has 0 saturated carbocycles. The molecule has 4 nitrogen and oxygen atoms in total. The summed E-state index contributed by atoms with van der Waals surface area (Å²) >= 11 is 13.2. The molecule has 1 amide bonds. The fraction of sp³-hybridized carbons (Fsp3) is 0. The van der Waals surface area contributed by atoms with E-state index in [1.54, 1.807) is 36.7 Å². The molecule has 0 aliphatic carbocycles. The standard InChI is InChI=1S/C15H9Cl2N3OS/c16-10-1-2-12(11(17)8-10)19-15-20-14(21)13(22-15)7-9-3-5-18-6-4-9/h1-8H,(H,19,20,21)/b13-7+. The Hall–Kier alpha value is -1.82. The molecule has 1 aliphatic rings. The third-order valence-corrected chi connectivity index (χ3v) is 4.23. The zero-order chi connectivity index (χ0) is 15.5. The molecule has 0 unspecified atom stereocenters. The number of hydrogen-bond donors (Lipinski definition) is 1. The number of hydrogen-bond acceptors (Lipinski definition) is 4. The number of aromatic nitrogens is 1. The minimum atomic E-state index is -0.189. The molecule has 3 rings (SSSR count). The molecule has 0 bridgehead atoms. The van der Waals surface area contributed by atoms with E-state index in [1.807, 2.05) is 12.1 Å². The van der Waals surface area contributed by atoms with Crippen LogP contribution in [-0.2, 0) is 4.79 Å². The van der Waals surface area contributed by atoms with Gasteiger partial charge in [-0.3, -0.25) is 9.78 Å². The van der Waals surface area contributed by atoms with Crippen LogP contribution in [0.3, 0.4) is 0 Å². The van der Waals surface area contributed by atoms with Gasteiger partial charge in [-0.15, -0.1) is 0 Å². The first kappa shape index (κ1) is 15.1. The smallest absolute Gasteiger partial charge is 0.264 e. The quantitative estimate of drug-likeness (QED) is 0.823. The number of aliphatic imine (C=N–C) groups is 1. The first-order valence-electron chi connectivity index (χ1n) is 6.26. The van der Waals surface area contributed by atoms with Gasteiger partial charge in [0.1, 0.15) is 0 Å². The SMILES string of the molecule is O=C1NC(=Nc2ccc(Cl)cc2Cl)S/C1=C/c1ccncc1. The number of carbonyl (C=O) groups excluding carboxylic acids is 1. The van der Waals surface area contributed by atoms with Crippen LogP contribution < -0.4 is 5.32 Å². The van der Waals surface area contributed by atoms with Gasteiger partial charge in [-0.05, 0) is 53.7 Å². The fourth-order valence-electron chi connectivity index (χ4n) is 1.77. The van der Waals surface area contributed by atoms with E-state index in [1.165, 1.54) is 11.8 Å². The average Bonchev–Trinajstić information content (AvgIpc) is 2.83. The summed E-state index contributed by atoms with van der Waals surface area (Å²) in [5.41, 5.74) is 1.46. The number of rotatable bonds is 2. The molecular formula is C15H9Cl2N3OS. The summed E-state index contributed by atoms with van der Waals surface area (Å²) in [4.78, 5) is 20.8. The van der Waals surface area contributed by atoms with Gasteiger partial charge in [0.15, 0.2) is 5.17 Å². The van der Waals surface area contributed by atoms with Crippen LogP contribution >= 0.6 is 35.0 Å². The highest BCUT2D eigenvalue weighted by atomic mass is 35.5. The molecule has 0 atom stereocenters. The second kappa shape index (κ2) is 6.52. The van der Waals surface area contributed by atoms with Gasteiger partial charge in [0.2, 0.25) is 0 Å². The van der Waals surface area contributed by atoms with Gasteiger partial charge in [-0.2, -0.15) is 0 Å². The summed E-state index contributed by atoms with van der Waals surface area (Å²) in [5, 5.41) is 4.16. The van der Waals surface area contributed by atoms with E-state index in [0.29, 0.717) is 25.8 Å². The van der Waals surface area contributed by atoms with Crippen molar-refractivity contribution in [2.24, 2.45) is 4.99 Å². The molecule has 0 radical (unpaired) electrons. The summed E-state index contributed by atoms with van der Waals surface area (Å²) in [6.45, 7) is 0.